The highest BCUT2D eigenvalue weighted by atomic mass is 35.5. The first-order valence-corrected chi connectivity index (χ1v) is 5.64. The first-order valence-electron chi connectivity index (χ1n) is 5.64. The molecule has 3 rings (SSSR count). The van der Waals surface area contributed by atoms with E-state index < -0.39 is 5.54 Å². The van der Waals surface area contributed by atoms with Gasteiger partial charge in [0.1, 0.15) is 11.4 Å². The molecule has 19 heavy (non-hydrogen) atoms. The summed E-state index contributed by atoms with van der Waals surface area (Å²) in [7, 11) is 0. The molecule has 7 heteroatoms. The summed E-state index contributed by atoms with van der Waals surface area (Å²) in [5, 5.41) is 3.83. The second-order valence-electron chi connectivity index (χ2n) is 4.39. The topological polar surface area (TPSA) is 74.2 Å². The molecule has 1 fully saturated rings. The van der Waals surface area contributed by atoms with Gasteiger partial charge in [0.05, 0.1) is 6.61 Å². The van der Waals surface area contributed by atoms with E-state index in [9.17, 15) is 4.39 Å². The van der Waals surface area contributed by atoms with Gasteiger partial charge in [0.15, 0.2) is 0 Å². The maximum Gasteiger partial charge on any atom is 0.249 e. The summed E-state index contributed by atoms with van der Waals surface area (Å²) in [6.45, 7) is 0.936. The van der Waals surface area contributed by atoms with Crippen molar-refractivity contribution in [2.45, 2.75) is 12.0 Å². The van der Waals surface area contributed by atoms with E-state index in [1.165, 1.54) is 12.1 Å². The molecule has 2 aromatic rings. The van der Waals surface area contributed by atoms with E-state index in [4.69, 9.17) is 15.0 Å². The van der Waals surface area contributed by atoms with Gasteiger partial charge < -0.3 is 15.0 Å². The van der Waals surface area contributed by atoms with Gasteiger partial charge in [-0.15, -0.1) is 12.4 Å². The summed E-state index contributed by atoms with van der Waals surface area (Å²) in [5.41, 5.74) is 5.95. The number of nitrogens with zero attached hydrogens (tertiary/aromatic N) is 2. The maximum atomic E-state index is 13.1. The lowest BCUT2D eigenvalue weighted by molar-refractivity contribution is 0.166. The van der Waals surface area contributed by atoms with E-state index in [0.717, 1.165) is 0 Å². The number of aromatic nitrogens is 2. The number of hydrogen-bond acceptors (Lipinski definition) is 5. The molecular weight excluding hydrogens is 273 g/mol. The van der Waals surface area contributed by atoms with Crippen LogP contribution in [0.15, 0.2) is 28.8 Å². The average Bonchev–Trinajstić information content (AvgIpc) is 2.98. The lowest BCUT2D eigenvalue weighted by atomic mass is 10.0. The Kier molecular flexibility index (Phi) is 3.84. The van der Waals surface area contributed by atoms with E-state index in [1.54, 1.807) is 12.1 Å². The number of halogens is 2. The van der Waals surface area contributed by atoms with Gasteiger partial charge in [-0.3, -0.25) is 0 Å². The lowest BCUT2D eigenvalue weighted by Crippen LogP contribution is -2.37. The zero-order valence-corrected chi connectivity index (χ0v) is 10.8. The van der Waals surface area contributed by atoms with Crippen molar-refractivity contribution in [3.8, 4) is 11.4 Å². The van der Waals surface area contributed by atoms with Crippen LogP contribution < -0.4 is 5.73 Å². The number of nitrogens with two attached hydrogens (primary N) is 1. The zero-order chi connectivity index (χ0) is 12.6. The number of ether oxygens (including phenoxy) is 1. The summed E-state index contributed by atoms with van der Waals surface area (Å²) in [6.07, 6.45) is 0.637. The smallest absolute Gasteiger partial charge is 0.249 e. The van der Waals surface area contributed by atoms with Crippen molar-refractivity contribution >= 4 is 12.4 Å². The van der Waals surface area contributed by atoms with Gasteiger partial charge in [-0.05, 0) is 18.6 Å². The van der Waals surface area contributed by atoms with Gasteiger partial charge in [0.2, 0.25) is 11.7 Å². The lowest BCUT2D eigenvalue weighted by Gasteiger charge is -2.14. The van der Waals surface area contributed by atoms with Gasteiger partial charge >= 0.3 is 0 Å². The molecule has 1 atom stereocenters. The minimum absolute atomic E-state index is 0. The average molecular weight is 286 g/mol. The highest BCUT2D eigenvalue weighted by Crippen LogP contribution is 2.28. The van der Waals surface area contributed by atoms with Crippen molar-refractivity contribution in [2.75, 3.05) is 13.2 Å². The van der Waals surface area contributed by atoms with Crippen LogP contribution in [0.5, 0.6) is 0 Å². The van der Waals surface area contributed by atoms with Gasteiger partial charge in [0.25, 0.3) is 0 Å². The summed E-state index contributed by atoms with van der Waals surface area (Å²) < 4.78 is 23.5. The Hall–Kier alpha value is -1.50. The fraction of sp³-hybridized carbons (Fsp3) is 0.333. The van der Waals surface area contributed by atoms with Crippen molar-refractivity contribution < 1.29 is 13.7 Å². The Morgan fingerprint density at radius 1 is 1.37 bits per heavy atom. The fourth-order valence-electron chi connectivity index (χ4n) is 1.92. The van der Waals surface area contributed by atoms with Crippen LogP contribution in [0, 0.1) is 5.82 Å². The molecule has 1 aliphatic heterocycles. The predicted molar refractivity (Wildman–Crippen MR) is 68.2 cm³/mol. The van der Waals surface area contributed by atoms with Gasteiger partial charge in [-0.2, -0.15) is 4.98 Å². The van der Waals surface area contributed by atoms with Crippen molar-refractivity contribution in [3.63, 3.8) is 0 Å². The third-order valence-corrected chi connectivity index (χ3v) is 2.99. The van der Waals surface area contributed by atoms with Crippen molar-refractivity contribution in [1.82, 2.24) is 10.1 Å². The third-order valence-electron chi connectivity index (χ3n) is 2.99. The number of benzene rings is 1. The molecule has 0 aliphatic carbocycles. The quantitative estimate of drug-likeness (QED) is 0.912. The molecule has 1 aromatic carbocycles. The van der Waals surface area contributed by atoms with Crippen molar-refractivity contribution in [3.05, 3.63) is 36.0 Å². The van der Waals surface area contributed by atoms with Crippen LogP contribution in [0.2, 0.25) is 0 Å². The van der Waals surface area contributed by atoms with Crippen molar-refractivity contribution in [2.24, 2.45) is 5.73 Å². The Labute approximate surface area is 115 Å². The molecule has 0 radical (unpaired) electrons. The van der Waals surface area contributed by atoms with Crippen LogP contribution in [-0.2, 0) is 10.3 Å². The normalized spacial score (nSPS) is 22.2. The van der Waals surface area contributed by atoms with E-state index in [-0.39, 0.29) is 18.2 Å². The minimum atomic E-state index is -0.724. The standard InChI is InChI=1S/C12H12FN3O2.ClH/c13-9-3-1-2-8(6-9)10-15-11(18-16-10)12(14)4-5-17-7-12;/h1-3,6H,4-5,7,14H2;1H. The largest absolute Gasteiger partial charge is 0.379 e. The fourth-order valence-corrected chi connectivity index (χ4v) is 1.92. The van der Waals surface area contributed by atoms with Crippen LogP contribution in [0.3, 0.4) is 0 Å². The Morgan fingerprint density at radius 3 is 2.89 bits per heavy atom. The zero-order valence-electron chi connectivity index (χ0n) is 10.0. The number of hydrogen-bond donors (Lipinski definition) is 1. The van der Waals surface area contributed by atoms with E-state index in [0.29, 0.717) is 36.9 Å². The van der Waals surface area contributed by atoms with Crippen LogP contribution >= 0.6 is 12.4 Å². The summed E-state index contributed by atoms with van der Waals surface area (Å²) in [5.74, 6) is 0.325. The van der Waals surface area contributed by atoms with E-state index in [2.05, 4.69) is 10.1 Å². The van der Waals surface area contributed by atoms with Gasteiger partial charge in [-0.25, -0.2) is 4.39 Å². The molecule has 0 amide bonds. The monoisotopic (exact) mass is 285 g/mol. The Balaban J connectivity index is 0.00000133. The molecule has 1 aromatic heterocycles. The molecule has 5 nitrogen and oxygen atoms in total. The maximum absolute atomic E-state index is 13.1. The molecule has 1 aliphatic rings. The van der Waals surface area contributed by atoms with Gasteiger partial charge in [-0.1, -0.05) is 17.3 Å². The first-order chi connectivity index (χ1) is 8.67. The number of rotatable bonds is 2. The van der Waals surface area contributed by atoms with E-state index >= 15 is 0 Å². The van der Waals surface area contributed by atoms with E-state index in [1.807, 2.05) is 0 Å². The predicted octanol–water partition coefficient (Wildman–Crippen LogP) is 1.87. The molecule has 102 valence electrons. The molecule has 0 saturated carbocycles. The highest BCUT2D eigenvalue weighted by Gasteiger charge is 2.38. The van der Waals surface area contributed by atoms with Gasteiger partial charge in [0, 0.05) is 12.2 Å². The molecule has 0 spiro atoms. The van der Waals surface area contributed by atoms with Crippen LogP contribution in [0.25, 0.3) is 11.4 Å². The molecule has 2 N–H and O–H groups in total. The molecular formula is C12H13ClFN3O2. The Bertz CT molecular complexity index is 570. The Morgan fingerprint density at radius 2 is 2.21 bits per heavy atom. The van der Waals surface area contributed by atoms with Crippen LogP contribution in [-0.4, -0.2) is 23.4 Å². The molecule has 1 unspecified atom stereocenters. The highest BCUT2D eigenvalue weighted by molar-refractivity contribution is 5.85. The minimum Gasteiger partial charge on any atom is -0.379 e. The summed E-state index contributed by atoms with van der Waals surface area (Å²) >= 11 is 0. The first kappa shape index (κ1) is 13.9. The molecule has 0 bridgehead atoms. The van der Waals surface area contributed by atoms with Crippen molar-refractivity contribution in [1.29, 1.82) is 0 Å². The van der Waals surface area contributed by atoms with Crippen LogP contribution in [0.4, 0.5) is 4.39 Å². The second kappa shape index (κ2) is 5.24. The summed E-state index contributed by atoms with van der Waals surface area (Å²) in [4.78, 5) is 4.23. The molecule has 2 heterocycles. The second-order valence-corrected chi connectivity index (χ2v) is 4.39. The SMILES string of the molecule is Cl.NC1(c2nc(-c3cccc(F)c3)no2)CCOC1. The summed E-state index contributed by atoms with van der Waals surface area (Å²) in [6, 6.07) is 6.02. The molecule has 1 saturated heterocycles. The third kappa shape index (κ3) is 2.60. The van der Waals surface area contributed by atoms with Crippen LogP contribution in [0.1, 0.15) is 12.3 Å².